The molecule has 0 bridgehead atoms. The second-order valence-corrected chi connectivity index (χ2v) is 6.20. The Bertz CT molecular complexity index is 841. The molecule has 28 heavy (non-hydrogen) atoms. The molecule has 0 radical (unpaired) electrons. The van der Waals surface area contributed by atoms with E-state index in [4.69, 9.17) is 14.2 Å². The highest BCUT2D eigenvalue weighted by Gasteiger charge is 2.08. The van der Waals surface area contributed by atoms with Gasteiger partial charge in [-0.2, -0.15) is 0 Å². The molecule has 0 aromatic heterocycles. The van der Waals surface area contributed by atoms with E-state index in [1.54, 1.807) is 50.4 Å². The second kappa shape index (κ2) is 10.2. The van der Waals surface area contributed by atoms with Crippen LogP contribution < -0.4 is 14.8 Å². The van der Waals surface area contributed by atoms with E-state index < -0.39 is 0 Å². The molecule has 148 valence electrons. The monoisotopic (exact) mass is 383 g/mol. The van der Waals surface area contributed by atoms with Gasteiger partial charge in [0.15, 0.2) is 11.5 Å². The lowest BCUT2D eigenvalue weighted by Crippen LogP contribution is -2.09. The molecule has 0 aliphatic carbocycles. The SMILES string of the molecule is CCOC(=O)c1ccc(NC(=O)C=Cc2ccc(OC(C)C)c(OC)c2)cc1. The van der Waals surface area contributed by atoms with Crippen LogP contribution in [0.25, 0.3) is 6.08 Å². The van der Waals surface area contributed by atoms with Gasteiger partial charge in [-0.3, -0.25) is 4.79 Å². The molecular weight excluding hydrogens is 358 g/mol. The fourth-order valence-electron chi connectivity index (χ4n) is 2.40. The first-order valence-electron chi connectivity index (χ1n) is 9.04. The van der Waals surface area contributed by atoms with Gasteiger partial charge in [0.2, 0.25) is 5.91 Å². The van der Waals surface area contributed by atoms with E-state index in [1.807, 2.05) is 26.0 Å². The third-order valence-electron chi connectivity index (χ3n) is 3.64. The number of hydrogen-bond acceptors (Lipinski definition) is 5. The summed E-state index contributed by atoms with van der Waals surface area (Å²) in [6, 6.07) is 12.0. The number of esters is 1. The summed E-state index contributed by atoms with van der Waals surface area (Å²) in [6.07, 6.45) is 3.15. The Labute approximate surface area is 165 Å². The van der Waals surface area contributed by atoms with Gasteiger partial charge in [0.05, 0.1) is 25.4 Å². The predicted molar refractivity (Wildman–Crippen MR) is 109 cm³/mol. The zero-order chi connectivity index (χ0) is 20.5. The van der Waals surface area contributed by atoms with Crippen molar-refractivity contribution in [3.8, 4) is 11.5 Å². The fraction of sp³-hybridized carbons (Fsp3) is 0.273. The Balaban J connectivity index is 2.00. The minimum atomic E-state index is -0.390. The van der Waals surface area contributed by atoms with Crippen LogP contribution in [0.3, 0.4) is 0 Å². The standard InChI is InChI=1S/C22H25NO5/c1-5-27-22(25)17-8-10-18(11-9-17)23-21(24)13-7-16-6-12-19(28-15(2)3)20(14-16)26-4/h6-15H,5H2,1-4H3,(H,23,24). The van der Waals surface area contributed by atoms with E-state index in [0.717, 1.165) is 5.56 Å². The number of carbonyl (C=O) groups is 2. The molecule has 0 fully saturated rings. The van der Waals surface area contributed by atoms with E-state index in [9.17, 15) is 9.59 Å². The molecule has 6 nitrogen and oxygen atoms in total. The summed E-state index contributed by atoms with van der Waals surface area (Å²) in [5.74, 6) is 0.580. The number of methoxy groups -OCH3 is 1. The molecular formula is C22H25NO5. The molecule has 6 heteroatoms. The number of ether oxygens (including phenoxy) is 3. The normalized spacial score (nSPS) is 10.8. The van der Waals surface area contributed by atoms with Gasteiger partial charge in [-0.1, -0.05) is 6.07 Å². The van der Waals surface area contributed by atoms with Crippen molar-refractivity contribution < 1.29 is 23.8 Å². The number of carbonyl (C=O) groups excluding carboxylic acids is 2. The summed E-state index contributed by atoms with van der Waals surface area (Å²) in [4.78, 5) is 23.8. The lowest BCUT2D eigenvalue weighted by molar-refractivity contribution is -0.111. The minimum Gasteiger partial charge on any atom is -0.493 e. The molecule has 0 atom stereocenters. The van der Waals surface area contributed by atoms with Crippen molar-refractivity contribution in [3.63, 3.8) is 0 Å². The average molecular weight is 383 g/mol. The summed E-state index contributed by atoms with van der Waals surface area (Å²) in [6.45, 7) is 5.95. The Morgan fingerprint density at radius 3 is 2.39 bits per heavy atom. The number of rotatable bonds is 8. The summed E-state index contributed by atoms with van der Waals surface area (Å²) in [7, 11) is 1.57. The molecule has 0 saturated heterocycles. The lowest BCUT2D eigenvalue weighted by atomic mass is 10.1. The number of amides is 1. The zero-order valence-corrected chi connectivity index (χ0v) is 16.5. The van der Waals surface area contributed by atoms with Crippen LogP contribution in [-0.4, -0.2) is 31.7 Å². The van der Waals surface area contributed by atoms with Crippen molar-refractivity contribution in [2.45, 2.75) is 26.9 Å². The van der Waals surface area contributed by atoms with Crippen molar-refractivity contribution in [2.24, 2.45) is 0 Å². The molecule has 0 aliphatic rings. The average Bonchev–Trinajstić information content (AvgIpc) is 2.67. The molecule has 0 unspecified atom stereocenters. The molecule has 0 spiro atoms. The van der Waals surface area contributed by atoms with Crippen LogP contribution in [0.5, 0.6) is 11.5 Å². The Kier molecular flexibility index (Phi) is 7.63. The molecule has 2 rings (SSSR count). The first kappa shape index (κ1) is 21.0. The zero-order valence-electron chi connectivity index (χ0n) is 16.5. The Hall–Kier alpha value is -3.28. The van der Waals surface area contributed by atoms with Crippen LogP contribution in [0.4, 0.5) is 5.69 Å². The lowest BCUT2D eigenvalue weighted by Gasteiger charge is -2.13. The number of nitrogens with one attached hydrogen (secondary N) is 1. The molecule has 0 heterocycles. The molecule has 1 amide bonds. The molecule has 0 aliphatic heterocycles. The maximum Gasteiger partial charge on any atom is 0.338 e. The van der Waals surface area contributed by atoms with Crippen molar-refractivity contribution in [1.29, 1.82) is 0 Å². The maximum absolute atomic E-state index is 12.1. The van der Waals surface area contributed by atoms with Gasteiger partial charge in [0.1, 0.15) is 0 Å². The third kappa shape index (κ3) is 6.16. The van der Waals surface area contributed by atoms with Crippen molar-refractivity contribution in [1.82, 2.24) is 0 Å². The molecule has 0 saturated carbocycles. The van der Waals surface area contributed by atoms with Gasteiger partial charge in [-0.25, -0.2) is 4.79 Å². The van der Waals surface area contributed by atoms with Gasteiger partial charge in [-0.05, 0) is 68.8 Å². The topological polar surface area (TPSA) is 73.9 Å². The fourth-order valence-corrected chi connectivity index (χ4v) is 2.40. The Morgan fingerprint density at radius 2 is 1.79 bits per heavy atom. The van der Waals surface area contributed by atoms with Gasteiger partial charge < -0.3 is 19.5 Å². The van der Waals surface area contributed by atoms with Gasteiger partial charge in [-0.15, -0.1) is 0 Å². The van der Waals surface area contributed by atoms with E-state index in [1.165, 1.54) is 6.08 Å². The van der Waals surface area contributed by atoms with Crippen LogP contribution in [0.1, 0.15) is 36.7 Å². The van der Waals surface area contributed by atoms with Crippen LogP contribution >= 0.6 is 0 Å². The minimum absolute atomic E-state index is 0.0382. The van der Waals surface area contributed by atoms with E-state index in [-0.39, 0.29) is 18.0 Å². The van der Waals surface area contributed by atoms with E-state index >= 15 is 0 Å². The van der Waals surface area contributed by atoms with Gasteiger partial charge in [0, 0.05) is 11.8 Å². The quantitative estimate of drug-likeness (QED) is 0.543. The number of hydrogen-bond donors (Lipinski definition) is 1. The summed E-state index contributed by atoms with van der Waals surface area (Å²) >= 11 is 0. The third-order valence-corrected chi connectivity index (χ3v) is 3.64. The van der Waals surface area contributed by atoms with E-state index in [2.05, 4.69) is 5.32 Å². The second-order valence-electron chi connectivity index (χ2n) is 6.20. The Morgan fingerprint density at radius 1 is 1.07 bits per heavy atom. The predicted octanol–water partition coefficient (Wildman–Crippen LogP) is 4.31. The van der Waals surface area contributed by atoms with Gasteiger partial charge >= 0.3 is 5.97 Å². The van der Waals surface area contributed by atoms with Gasteiger partial charge in [0.25, 0.3) is 0 Å². The van der Waals surface area contributed by atoms with Crippen LogP contribution in [-0.2, 0) is 9.53 Å². The first-order chi connectivity index (χ1) is 13.4. The van der Waals surface area contributed by atoms with E-state index in [0.29, 0.717) is 29.4 Å². The summed E-state index contributed by atoms with van der Waals surface area (Å²) in [5.41, 5.74) is 1.83. The number of benzene rings is 2. The highest BCUT2D eigenvalue weighted by Crippen LogP contribution is 2.29. The smallest absolute Gasteiger partial charge is 0.338 e. The largest absolute Gasteiger partial charge is 0.493 e. The summed E-state index contributed by atoms with van der Waals surface area (Å²) in [5, 5.41) is 2.74. The van der Waals surface area contributed by atoms with Crippen LogP contribution in [0.2, 0.25) is 0 Å². The first-order valence-corrected chi connectivity index (χ1v) is 9.04. The van der Waals surface area contributed by atoms with Crippen molar-refractivity contribution in [2.75, 3.05) is 19.0 Å². The van der Waals surface area contributed by atoms with Crippen molar-refractivity contribution in [3.05, 3.63) is 59.7 Å². The van der Waals surface area contributed by atoms with Crippen LogP contribution in [0, 0.1) is 0 Å². The molecule has 2 aromatic rings. The molecule has 1 N–H and O–H groups in total. The highest BCUT2D eigenvalue weighted by molar-refractivity contribution is 6.02. The number of anilines is 1. The summed E-state index contributed by atoms with van der Waals surface area (Å²) < 4.78 is 15.9. The molecule has 2 aromatic carbocycles. The van der Waals surface area contributed by atoms with Crippen LogP contribution in [0.15, 0.2) is 48.5 Å². The highest BCUT2D eigenvalue weighted by atomic mass is 16.5. The van der Waals surface area contributed by atoms with Crippen molar-refractivity contribution >= 4 is 23.6 Å². The maximum atomic E-state index is 12.1.